The van der Waals surface area contributed by atoms with Crippen LogP contribution in [0.15, 0.2) is 0 Å². The van der Waals surface area contributed by atoms with Gasteiger partial charge in [0.05, 0.1) is 5.92 Å². The van der Waals surface area contributed by atoms with Crippen LogP contribution in [0.4, 0.5) is 0 Å². The number of rotatable bonds is 4. The van der Waals surface area contributed by atoms with Gasteiger partial charge in [0.1, 0.15) is 0 Å². The molecule has 3 N–H and O–H groups in total. The highest BCUT2D eigenvalue weighted by atomic mass is 16.4. The van der Waals surface area contributed by atoms with Crippen LogP contribution >= 0.6 is 0 Å². The second-order valence-electron chi connectivity index (χ2n) is 4.38. The van der Waals surface area contributed by atoms with Crippen molar-refractivity contribution in [2.24, 2.45) is 17.6 Å². The van der Waals surface area contributed by atoms with Crippen LogP contribution in [0.3, 0.4) is 0 Å². The Morgan fingerprint density at radius 3 is 2.79 bits per heavy atom. The molecule has 14 heavy (non-hydrogen) atoms. The third-order valence-corrected chi connectivity index (χ3v) is 3.05. The Labute approximate surface area is 85.1 Å². The van der Waals surface area contributed by atoms with E-state index in [1.165, 1.54) is 0 Å². The molecule has 1 rings (SSSR count). The van der Waals surface area contributed by atoms with Crippen molar-refractivity contribution in [3.63, 3.8) is 0 Å². The molecule has 0 aromatic heterocycles. The Kier molecular flexibility index (Phi) is 3.89. The molecule has 0 aromatic rings. The predicted molar refractivity (Wildman–Crippen MR) is 55.0 cm³/mol. The summed E-state index contributed by atoms with van der Waals surface area (Å²) < 4.78 is 0. The number of hydrogen-bond donors (Lipinski definition) is 2. The SMILES string of the molecule is CC(CN1CC(CN)CC1C)C(=O)O. The standard InChI is InChI=1S/C10H20N2O2/c1-7(10(13)14)5-12-6-9(4-11)3-8(12)2/h7-9H,3-6,11H2,1-2H3,(H,13,14). The number of nitrogens with two attached hydrogens (primary N) is 1. The summed E-state index contributed by atoms with van der Waals surface area (Å²) in [5, 5.41) is 8.80. The van der Waals surface area contributed by atoms with Crippen molar-refractivity contribution >= 4 is 5.97 Å². The number of carbonyl (C=O) groups is 1. The van der Waals surface area contributed by atoms with E-state index < -0.39 is 5.97 Å². The molecule has 1 heterocycles. The molecule has 0 amide bonds. The second kappa shape index (κ2) is 4.75. The van der Waals surface area contributed by atoms with Gasteiger partial charge in [0, 0.05) is 19.1 Å². The van der Waals surface area contributed by atoms with Gasteiger partial charge in [-0.3, -0.25) is 9.69 Å². The van der Waals surface area contributed by atoms with Gasteiger partial charge in [-0.15, -0.1) is 0 Å². The lowest BCUT2D eigenvalue weighted by Crippen LogP contribution is -2.34. The quantitative estimate of drug-likeness (QED) is 0.688. The molecule has 0 bridgehead atoms. The van der Waals surface area contributed by atoms with Gasteiger partial charge in [0.25, 0.3) is 0 Å². The monoisotopic (exact) mass is 200 g/mol. The average molecular weight is 200 g/mol. The molecule has 0 saturated carbocycles. The largest absolute Gasteiger partial charge is 0.481 e. The van der Waals surface area contributed by atoms with Gasteiger partial charge in [-0.05, 0) is 25.8 Å². The molecule has 1 saturated heterocycles. The van der Waals surface area contributed by atoms with Crippen LogP contribution in [-0.4, -0.2) is 41.7 Å². The summed E-state index contributed by atoms with van der Waals surface area (Å²) in [5.74, 6) is -0.451. The average Bonchev–Trinajstić information content (AvgIpc) is 2.47. The Hall–Kier alpha value is -0.610. The van der Waals surface area contributed by atoms with Crippen LogP contribution in [0.25, 0.3) is 0 Å². The van der Waals surface area contributed by atoms with Gasteiger partial charge in [-0.1, -0.05) is 6.92 Å². The zero-order chi connectivity index (χ0) is 10.7. The number of carboxylic acids is 1. The van der Waals surface area contributed by atoms with Gasteiger partial charge in [0.2, 0.25) is 0 Å². The molecule has 0 aliphatic carbocycles. The van der Waals surface area contributed by atoms with Crippen LogP contribution in [-0.2, 0) is 4.79 Å². The molecule has 3 unspecified atom stereocenters. The van der Waals surface area contributed by atoms with E-state index in [4.69, 9.17) is 10.8 Å². The molecule has 1 aliphatic rings. The Bertz CT molecular complexity index is 208. The summed E-state index contributed by atoms with van der Waals surface area (Å²) in [5.41, 5.74) is 5.61. The van der Waals surface area contributed by atoms with Crippen LogP contribution < -0.4 is 5.73 Å². The van der Waals surface area contributed by atoms with Gasteiger partial charge in [-0.25, -0.2) is 0 Å². The smallest absolute Gasteiger partial charge is 0.307 e. The van der Waals surface area contributed by atoms with Crippen molar-refractivity contribution in [3.8, 4) is 0 Å². The highest BCUT2D eigenvalue weighted by molar-refractivity contribution is 5.69. The summed E-state index contributed by atoms with van der Waals surface area (Å²) in [6, 6.07) is 0.477. The van der Waals surface area contributed by atoms with E-state index in [1.807, 2.05) is 0 Å². The highest BCUT2D eigenvalue weighted by Crippen LogP contribution is 2.22. The van der Waals surface area contributed by atoms with E-state index in [0.717, 1.165) is 13.0 Å². The van der Waals surface area contributed by atoms with Crippen LogP contribution in [0.5, 0.6) is 0 Å². The second-order valence-corrected chi connectivity index (χ2v) is 4.38. The summed E-state index contributed by atoms with van der Waals surface area (Å²) in [7, 11) is 0. The van der Waals surface area contributed by atoms with E-state index in [1.54, 1.807) is 6.92 Å². The van der Waals surface area contributed by atoms with Crippen molar-refractivity contribution in [1.82, 2.24) is 4.90 Å². The molecule has 4 nitrogen and oxygen atoms in total. The van der Waals surface area contributed by atoms with E-state index >= 15 is 0 Å². The molecule has 4 heteroatoms. The summed E-state index contributed by atoms with van der Waals surface area (Å²) >= 11 is 0. The molecule has 1 fully saturated rings. The highest BCUT2D eigenvalue weighted by Gasteiger charge is 2.29. The number of hydrogen-bond acceptors (Lipinski definition) is 3. The lowest BCUT2D eigenvalue weighted by atomic mass is 10.1. The topological polar surface area (TPSA) is 66.6 Å². The molecular formula is C10H20N2O2. The van der Waals surface area contributed by atoms with Crippen molar-refractivity contribution in [2.45, 2.75) is 26.3 Å². The lowest BCUT2D eigenvalue weighted by molar-refractivity contribution is -0.141. The van der Waals surface area contributed by atoms with E-state index in [0.29, 0.717) is 25.0 Å². The minimum Gasteiger partial charge on any atom is -0.481 e. The third kappa shape index (κ3) is 2.69. The Balaban J connectivity index is 2.42. The zero-order valence-corrected chi connectivity index (χ0v) is 8.94. The van der Waals surface area contributed by atoms with Crippen molar-refractivity contribution in [2.75, 3.05) is 19.6 Å². The maximum Gasteiger partial charge on any atom is 0.307 e. The van der Waals surface area contributed by atoms with Crippen LogP contribution in [0, 0.1) is 11.8 Å². The van der Waals surface area contributed by atoms with Gasteiger partial charge < -0.3 is 10.8 Å². The normalized spacial score (nSPS) is 30.5. The van der Waals surface area contributed by atoms with E-state index in [2.05, 4.69) is 11.8 Å². The maximum absolute atomic E-state index is 10.7. The number of aliphatic carboxylic acids is 1. The van der Waals surface area contributed by atoms with Crippen LogP contribution in [0.2, 0.25) is 0 Å². The number of carboxylic acid groups (broad SMARTS) is 1. The first-order valence-electron chi connectivity index (χ1n) is 5.21. The first-order chi connectivity index (χ1) is 6.54. The Morgan fingerprint density at radius 2 is 2.36 bits per heavy atom. The molecule has 0 aromatic carbocycles. The van der Waals surface area contributed by atoms with Gasteiger partial charge >= 0.3 is 5.97 Å². The first kappa shape index (κ1) is 11.5. The molecule has 0 radical (unpaired) electrons. The fourth-order valence-electron chi connectivity index (χ4n) is 2.07. The first-order valence-corrected chi connectivity index (χ1v) is 5.21. The fraction of sp³-hybridized carbons (Fsp3) is 0.900. The Morgan fingerprint density at radius 1 is 1.71 bits per heavy atom. The van der Waals surface area contributed by atoms with Gasteiger partial charge in [0.15, 0.2) is 0 Å². The lowest BCUT2D eigenvalue weighted by Gasteiger charge is -2.22. The molecule has 82 valence electrons. The number of likely N-dealkylation sites (tertiary alicyclic amines) is 1. The number of nitrogens with zero attached hydrogens (tertiary/aromatic N) is 1. The predicted octanol–water partition coefficient (Wildman–Crippen LogP) is 0.376. The molecule has 0 spiro atoms. The van der Waals surface area contributed by atoms with E-state index in [9.17, 15) is 4.79 Å². The molecule has 3 atom stereocenters. The minimum atomic E-state index is -0.714. The van der Waals surface area contributed by atoms with Crippen molar-refractivity contribution < 1.29 is 9.90 Å². The summed E-state index contributed by atoms with van der Waals surface area (Å²) in [4.78, 5) is 12.9. The maximum atomic E-state index is 10.7. The van der Waals surface area contributed by atoms with Crippen LogP contribution in [0.1, 0.15) is 20.3 Å². The molecule has 1 aliphatic heterocycles. The molecular weight excluding hydrogens is 180 g/mol. The van der Waals surface area contributed by atoms with E-state index in [-0.39, 0.29) is 5.92 Å². The third-order valence-electron chi connectivity index (χ3n) is 3.05. The zero-order valence-electron chi connectivity index (χ0n) is 8.94. The summed E-state index contributed by atoms with van der Waals surface area (Å²) in [6.07, 6.45) is 1.10. The summed E-state index contributed by atoms with van der Waals surface area (Å²) in [6.45, 7) is 6.21. The minimum absolute atomic E-state index is 0.283. The fourth-order valence-corrected chi connectivity index (χ4v) is 2.07. The van der Waals surface area contributed by atoms with Crippen molar-refractivity contribution in [3.05, 3.63) is 0 Å². The van der Waals surface area contributed by atoms with Crippen molar-refractivity contribution in [1.29, 1.82) is 0 Å². The van der Waals surface area contributed by atoms with Gasteiger partial charge in [-0.2, -0.15) is 0 Å².